The topological polar surface area (TPSA) is 12.1 Å². The van der Waals surface area contributed by atoms with Gasteiger partial charge in [-0.2, -0.15) is 0 Å². The number of para-hydroxylation sites is 1. The fourth-order valence-electron chi connectivity index (χ4n) is 6.24. The normalized spacial score (nSPS) is 37.4. The number of anilines is 1. The summed E-state index contributed by atoms with van der Waals surface area (Å²) in [5, 5.41) is 0. The number of nitrogens with one attached hydrogen (secondary N) is 2. The molecule has 3 fully saturated rings. The van der Waals surface area contributed by atoms with Crippen LogP contribution in [0.2, 0.25) is 0 Å². The fourth-order valence-corrected chi connectivity index (χ4v) is 6.24. The van der Waals surface area contributed by atoms with Gasteiger partial charge in [0, 0.05) is 24.4 Å². The van der Waals surface area contributed by atoms with E-state index in [-0.39, 0.29) is 0 Å². The van der Waals surface area contributed by atoms with Crippen LogP contribution in [0, 0.1) is 17.8 Å². The summed E-state index contributed by atoms with van der Waals surface area (Å²) in [4.78, 5) is 6.38. The van der Waals surface area contributed by atoms with Crippen molar-refractivity contribution in [3.8, 4) is 0 Å². The summed E-state index contributed by atoms with van der Waals surface area (Å²) in [6.07, 6.45) is 10.9. The Morgan fingerprint density at radius 3 is 2.31 bits per heavy atom. The summed E-state index contributed by atoms with van der Waals surface area (Å²) < 4.78 is 0. The van der Waals surface area contributed by atoms with E-state index >= 15 is 0 Å². The molecule has 2 aliphatic heterocycles. The predicted molar refractivity (Wildman–Crippen MR) is 107 cm³/mol. The van der Waals surface area contributed by atoms with E-state index in [0.717, 1.165) is 23.8 Å². The van der Waals surface area contributed by atoms with Gasteiger partial charge in [-0.1, -0.05) is 30.4 Å². The van der Waals surface area contributed by atoms with Crippen LogP contribution in [0.15, 0.2) is 42.5 Å². The van der Waals surface area contributed by atoms with Crippen molar-refractivity contribution in [3.63, 3.8) is 0 Å². The van der Waals surface area contributed by atoms with E-state index in [1.165, 1.54) is 77.2 Å². The van der Waals surface area contributed by atoms with Crippen molar-refractivity contribution in [2.45, 2.75) is 31.7 Å². The number of likely N-dealkylation sites (tertiary alicyclic amines) is 1. The number of quaternary nitrogens is 2. The standard InChI is InChI=1S/C23H33N3/c1-2-4-22(5-3-1)25-12-14-26(15-13-25)23-8-10-24(11-9-23)18-21-17-19-6-7-20(21)16-19/h1-7,19-21,23H,8-18H2/p+2/t19-,20-,21-/m0/s1. The average Bonchev–Trinajstić information content (AvgIpc) is 3.33. The molecule has 0 unspecified atom stereocenters. The van der Waals surface area contributed by atoms with E-state index in [0.29, 0.717) is 0 Å². The molecule has 1 aromatic carbocycles. The molecule has 3 atom stereocenters. The third-order valence-corrected chi connectivity index (χ3v) is 7.76. The van der Waals surface area contributed by atoms with Gasteiger partial charge >= 0.3 is 0 Å². The number of hydrogen-bond acceptors (Lipinski definition) is 1. The Morgan fingerprint density at radius 2 is 1.65 bits per heavy atom. The van der Waals surface area contributed by atoms with Gasteiger partial charge in [0.05, 0.1) is 51.9 Å². The molecule has 2 aliphatic carbocycles. The summed E-state index contributed by atoms with van der Waals surface area (Å²) in [6, 6.07) is 11.9. The van der Waals surface area contributed by atoms with Crippen molar-refractivity contribution in [3.05, 3.63) is 42.5 Å². The lowest BCUT2D eigenvalue weighted by atomic mass is 9.92. The van der Waals surface area contributed by atoms with Gasteiger partial charge in [0.25, 0.3) is 0 Å². The van der Waals surface area contributed by atoms with Crippen LogP contribution in [0.5, 0.6) is 0 Å². The Bertz CT molecular complexity index is 612. The molecule has 2 saturated heterocycles. The van der Waals surface area contributed by atoms with E-state index in [1.807, 2.05) is 9.80 Å². The zero-order valence-electron chi connectivity index (χ0n) is 16.1. The van der Waals surface area contributed by atoms with Gasteiger partial charge in [-0.25, -0.2) is 0 Å². The maximum atomic E-state index is 2.58. The Morgan fingerprint density at radius 1 is 0.885 bits per heavy atom. The summed E-state index contributed by atoms with van der Waals surface area (Å²) in [6.45, 7) is 9.41. The van der Waals surface area contributed by atoms with Gasteiger partial charge < -0.3 is 14.7 Å². The van der Waals surface area contributed by atoms with Crippen LogP contribution in [-0.2, 0) is 0 Å². The minimum absolute atomic E-state index is 0.927. The lowest BCUT2D eigenvalue weighted by Crippen LogP contribution is -3.22. The van der Waals surface area contributed by atoms with Gasteiger partial charge in [-0.05, 0) is 36.8 Å². The number of piperazine rings is 1. The summed E-state index contributed by atoms with van der Waals surface area (Å²) in [5.41, 5.74) is 1.41. The van der Waals surface area contributed by atoms with Crippen molar-refractivity contribution in [1.29, 1.82) is 0 Å². The Labute approximate surface area is 158 Å². The number of benzene rings is 1. The second kappa shape index (κ2) is 7.36. The molecule has 0 radical (unpaired) electrons. The molecule has 0 amide bonds. The summed E-state index contributed by atoms with van der Waals surface area (Å²) in [7, 11) is 0. The second-order valence-corrected chi connectivity index (χ2v) is 9.25. The molecule has 1 aromatic rings. The van der Waals surface area contributed by atoms with Crippen LogP contribution >= 0.6 is 0 Å². The zero-order valence-corrected chi connectivity index (χ0v) is 16.1. The number of nitrogens with zero attached hydrogens (tertiary/aromatic N) is 1. The first-order chi connectivity index (χ1) is 12.8. The predicted octanol–water partition coefficient (Wildman–Crippen LogP) is 0.651. The largest absolute Gasteiger partial charge is 0.360 e. The molecule has 2 N–H and O–H groups in total. The van der Waals surface area contributed by atoms with Crippen molar-refractivity contribution >= 4 is 5.69 Å². The SMILES string of the molecule is C1=C[C@H]2C[C@H]1C[C@H]2C[NH+]1CCC([NH+]2CCN(c3ccccc3)CC2)CC1. The lowest BCUT2D eigenvalue weighted by molar-refractivity contribution is -0.959. The maximum Gasteiger partial charge on any atom is 0.0984 e. The van der Waals surface area contributed by atoms with E-state index in [2.05, 4.69) is 47.4 Å². The maximum absolute atomic E-state index is 2.58. The van der Waals surface area contributed by atoms with Crippen LogP contribution in [0.4, 0.5) is 5.69 Å². The first-order valence-corrected chi connectivity index (χ1v) is 11.0. The Balaban J connectivity index is 1.07. The number of hydrogen-bond donors (Lipinski definition) is 2. The lowest BCUT2D eigenvalue weighted by Gasteiger charge is -2.40. The second-order valence-electron chi connectivity index (χ2n) is 9.25. The first-order valence-electron chi connectivity index (χ1n) is 11.0. The van der Waals surface area contributed by atoms with Gasteiger partial charge in [-0.3, -0.25) is 0 Å². The van der Waals surface area contributed by atoms with Crippen LogP contribution < -0.4 is 14.7 Å². The van der Waals surface area contributed by atoms with Gasteiger partial charge in [0.1, 0.15) is 0 Å². The van der Waals surface area contributed by atoms with Crippen molar-refractivity contribution in [2.24, 2.45) is 17.8 Å². The summed E-state index contributed by atoms with van der Waals surface area (Å²) in [5.74, 6) is 2.87. The molecule has 3 nitrogen and oxygen atoms in total. The Kier molecular flexibility index (Phi) is 4.76. The minimum atomic E-state index is 0.927. The molecule has 26 heavy (non-hydrogen) atoms. The highest BCUT2D eigenvalue weighted by atomic mass is 15.3. The number of allylic oxidation sites excluding steroid dienone is 2. The molecule has 1 saturated carbocycles. The molecule has 0 spiro atoms. The quantitative estimate of drug-likeness (QED) is 0.758. The number of rotatable bonds is 4. The third-order valence-electron chi connectivity index (χ3n) is 7.76. The van der Waals surface area contributed by atoms with Crippen molar-refractivity contribution in [2.75, 3.05) is 50.7 Å². The molecule has 3 heteroatoms. The molecule has 5 rings (SSSR count). The smallest absolute Gasteiger partial charge is 0.0984 e. The monoisotopic (exact) mass is 353 g/mol. The van der Waals surface area contributed by atoms with Gasteiger partial charge in [0.2, 0.25) is 0 Å². The third kappa shape index (κ3) is 3.44. The van der Waals surface area contributed by atoms with Gasteiger partial charge in [-0.15, -0.1) is 0 Å². The molecule has 4 aliphatic rings. The molecule has 2 heterocycles. The molecule has 2 bridgehead atoms. The van der Waals surface area contributed by atoms with E-state index in [4.69, 9.17) is 0 Å². The number of fused-ring (bicyclic) bond motifs is 2. The number of piperidine rings is 1. The molecular formula is C23H35N3+2. The average molecular weight is 354 g/mol. The van der Waals surface area contributed by atoms with Crippen LogP contribution in [0.1, 0.15) is 25.7 Å². The zero-order chi connectivity index (χ0) is 17.3. The van der Waals surface area contributed by atoms with Crippen LogP contribution in [0.3, 0.4) is 0 Å². The van der Waals surface area contributed by atoms with Gasteiger partial charge in [0.15, 0.2) is 0 Å². The summed E-state index contributed by atoms with van der Waals surface area (Å²) >= 11 is 0. The highest BCUT2D eigenvalue weighted by Crippen LogP contribution is 2.42. The van der Waals surface area contributed by atoms with E-state index < -0.39 is 0 Å². The van der Waals surface area contributed by atoms with E-state index in [1.54, 1.807) is 0 Å². The minimum Gasteiger partial charge on any atom is -0.360 e. The molecule has 0 aromatic heterocycles. The Hall–Kier alpha value is -1.32. The van der Waals surface area contributed by atoms with Crippen LogP contribution in [0.25, 0.3) is 0 Å². The molecule has 140 valence electrons. The first kappa shape index (κ1) is 16.8. The molecular weight excluding hydrogens is 318 g/mol. The van der Waals surface area contributed by atoms with Crippen molar-refractivity contribution in [1.82, 2.24) is 0 Å². The van der Waals surface area contributed by atoms with Crippen molar-refractivity contribution < 1.29 is 9.80 Å². The highest BCUT2D eigenvalue weighted by Gasteiger charge is 2.39. The fraction of sp³-hybridized carbons (Fsp3) is 0.652. The van der Waals surface area contributed by atoms with Crippen LogP contribution in [-0.4, -0.2) is 51.9 Å². The van der Waals surface area contributed by atoms with E-state index in [9.17, 15) is 0 Å². The highest BCUT2D eigenvalue weighted by molar-refractivity contribution is 5.46.